The molecule has 30 heavy (non-hydrogen) atoms. The van der Waals surface area contributed by atoms with Gasteiger partial charge in [0.15, 0.2) is 12.5 Å². The summed E-state index contributed by atoms with van der Waals surface area (Å²) in [7, 11) is 1.61. The molecule has 1 aromatic heterocycles. The monoisotopic (exact) mass is 397 g/mol. The predicted molar refractivity (Wildman–Crippen MR) is 115 cm³/mol. The zero-order valence-corrected chi connectivity index (χ0v) is 16.3. The summed E-state index contributed by atoms with van der Waals surface area (Å²) in [5, 5.41) is 15.9. The molecule has 1 aliphatic rings. The highest BCUT2D eigenvalue weighted by Crippen LogP contribution is 2.29. The number of methoxy groups -OCH3 is 1. The van der Waals surface area contributed by atoms with Gasteiger partial charge in [-0.15, -0.1) is 0 Å². The number of benzene rings is 2. The maximum absolute atomic E-state index is 12.2. The van der Waals surface area contributed by atoms with Crippen LogP contribution in [0.25, 0.3) is 0 Å². The van der Waals surface area contributed by atoms with Gasteiger partial charge in [0.25, 0.3) is 0 Å². The van der Waals surface area contributed by atoms with Crippen LogP contribution in [0.2, 0.25) is 0 Å². The van der Waals surface area contributed by atoms with Crippen LogP contribution in [-0.4, -0.2) is 36.8 Å². The highest BCUT2D eigenvalue weighted by Gasteiger charge is 2.33. The molecule has 2 heterocycles. The van der Waals surface area contributed by atoms with Crippen molar-refractivity contribution in [1.29, 1.82) is 5.26 Å². The Morgan fingerprint density at radius 2 is 1.97 bits per heavy atom. The van der Waals surface area contributed by atoms with Crippen molar-refractivity contribution < 1.29 is 9.53 Å². The van der Waals surface area contributed by atoms with Gasteiger partial charge in [0.2, 0.25) is 0 Å². The fraction of sp³-hybridized carbons (Fsp3) is 0.130. The Morgan fingerprint density at radius 3 is 2.70 bits per heavy atom. The number of hydrazone groups is 1. The van der Waals surface area contributed by atoms with E-state index in [2.05, 4.69) is 11.1 Å². The summed E-state index contributed by atoms with van der Waals surface area (Å²) < 4.78 is 5.35. The van der Waals surface area contributed by atoms with Crippen LogP contribution in [0.5, 0.6) is 5.75 Å². The number of hydrogen-bond acceptors (Lipinski definition) is 7. The van der Waals surface area contributed by atoms with Gasteiger partial charge in [-0.3, -0.25) is 4.79 Å². The summed E-state index contributed by atoms with van der Waals surface area (Å²) in [4.78, 5) is 18.5. The molecule has 1 aliphatic heterocycles. The largest absolute Gasteiger partial charge is 0.497 e. The fourth-order valence-electron chi connectivity index (χ4n) is 3.39. The number of pyridine rings is 1. The minimum absolute atomic E-state index is 0.374. The van der Waals surface area contributed by atoms with Crippen LogP contribution < -0.4 is 14.6 Å². The third-order valence-electron chi connectivity index (χ3n) is 4.86. The van der Waals surface area contributed by atoms with E-state index < -0.39 is 6.17 Å². The van der Waals surface area contributed by atoms with Gasteiger partial charge in [-0.25, -0.2) is 9.99 Å². The van der Waals surface area contributed by atoms with Crippen LogP contribution in [0.1, 0.15) is 11.1 Å². The van der Waals surface area contributed by atoms with Crippen LogP contribution in [0.4, 0.5) is 11.5 Å². The lowest BCUT2D eigenvalue weighted by molar-refractivity contribution is -0.109. The average Bonchev–Trinajstić information content (AvgIpc) is 2.83. The van der Waals surface area contributed by atoms with E-state index in [0.29, 0.717) is 29.4 Å². The van der Waals surface area contributed by atoms with Crippen molar-refractivity contribution in [3.8, 4) is 11.8 Å². The number of carbonyl (C=O) groups is 1. The van der Waals surface area contributed by atoms with Gasteiger partial charge >= 0.3 is 0 Å². The topological polar surface area (TPSA) is 81.8 Å². The van der Waals surface area contributed by atoms with Gasteiger partial charge in [-0.1, -0.05) is 30.3 Å². The Hall–Kier alpha value is -4.18. The molecule has 7 heteroatoms. The Balaban J connectivity index is 1.88. The number of carbonyl (C=O) groups excluding carboxylic acids is 1. The summed E-state index contributed by atoms with van der Waals surface area (Å²) in [6.07, 6.45) is 1.75. The Bertz CT molecular complexity index is 1120. The highest BCUT2D eigenvalue weighted by atomic mass is 16.5. The van der Waals surface area contributed by atoms with Crippen molar-refractivity contribution in [2.75, 3.05) is 23.6 Å². The maximum Gasteiger partial charge on any atom is 0.181 e. The fourth-order valence-corrected chi connectivity index (χ4v) is 3.39. The lowest BCUT2D eigenvalue weighted by Gasteiger charge is -2.40. The average molecular weight is 397 g/mol. The minimum atomic E-state index is -0.747. The van der Waals surface area contributed by atoms with Gasteiger partial charge in [-0.2, -0.15) is 10.4 Å². The molecule has 7 nitrogen and oxygen atoms in total. The zero-order valence-electron chi connectivity index (χ0n) is 16.3. The first-order chi connectivity index (χ1) is 14.7. The molecular weight excluding hydrogens is 378 g/mol. The first kappa shape index (κ1) is 19.2. The van der Waals surface area contributed by atoms with Crippen molar-refractivity contribution >= 4 is 23.5 Å². The Kier molecular flexibility index (Phi) is 5.39. The normalized spacial score (nSPS) is 15.9. The van der Waals surface area contributed by atoms with Crippen LogP contribution in [0.15, 0.2) is 78.0 Å². The molecule has 1 atom stereocenters. The van der Waals surface area contributed by atoms with E-state index >= 15 is 0 Å². The molecule has 2 aromatic carbocycles. The number of anilines is 2. The van der Waals surface area contributed by atoms with Crippen molar-refractivity contribution in [2.45, 2.75) is 6.17 Å². The zero-order chi connectivity index (χ0) is 20.9. The number of para-hydroxylation sites is 1. The maximum atomic E-state index is 12.2. The molecule has 0 radical (unpaired) electrons. The summed E-state index contributed by atoms with van der Waals surface area (Å²) in [5.41, 5.74) is 2.57. The van der Waals surface area contributed by atoms with Gasteiger partial charge in [0, 0.05) is 11.8 Å². The standard InChI is InChI=1S/C23H19N5O2/c1-30-19-9-6-8-17(13-19)20-15-27(22-11-4-5-12-25-22)23(16-29)28(26-20)21-10-3-2-7-18(21)14-24/h2-13,16,23H,15H2,1H3. The lowest BCUT2D eigenvalue weighted by atomic mass is 10.1. The van der Waals surface area contributed by atoms with Crippen LogP contribution in [0, 0.1) is 11.3 Å². The van der Waals surface area contributed by atoms with E-state index in [4.69, 9.17) is 9.84 Å². The number of hydrogen-bond donors (Lipinski definition) is 0. The number of aromatic nitrogens is 1. The van der Waals surface area contributed by atoms with E-state index in [1.54, 1.807) is 36.5 Å². The van der Waals surface area contributed by atoms with Crippen LogP contribution >= 0.6 is 0 Å². The number of ether oxygens (including phenoxy) is 1. The van der Waals surface area contributed by atoms with E-state index in [9.17, 15) is 10.1 Å². The molecule has 148 valence electrons. The van der Waals surface area contributed by atoms with Gasteiger partial charge in [0.1, 0.15) is 17.6 Å². The predicted octanol–water partition coefficient (Wildman–Crippen LogP) is 3.22. The molecule has 0 spiro atoms. The first-order valence-corrected chi connectivity index (χ1v) is 9.38. The number of rotatable bonds is 5. The van der Waals surface area contributed by atoms with Crippen LogP contribution in [-0.2, 0) is 4.79 Å². The first-order valence-electron chi connectivity index (χ1n) is 9.38. The summed E-state index contributed by atoms with van der Waals surface area (Å²) in [6, 6.07) is 22.4. The minimum Gasteiger partial charge on any atom is -0.497 e. The van der Waals surface area contributed by atoms with Crippen molar-refractivity contribution in [3.05, 3.63) is 84.1 Å². The summed E-state index contributed by atoms with van der Waals surface area (Å²) >= 11 is 0. The molecule has 0 amide bonds. The number of nitrogens with zero attached hydrogens (tertiary/aromatic N) is 5. The van der Waals surface area contributed by atoms with E-state index in [0.717, 1.165) is 17.6 Å². The number of aldehydes is 1. The Morgan fingerprint density at radius 1 is 1.13 bits per heavy atom. The molecule has 0 saturated carbocycles. The molecule has 0 N–H and O–H groups in total. The molecule has 0 bridgehead atoms. The van der Waals surface area contributed by atoms with Crippen LogP contribution in [0.3, 0.4) is 0 Å². The second kappa shape index (κ2) is 8.45. The smallest absolute Gasteiger partial charge is 0.181 e. The third kappa shape index (κ3) is 3.59. The van der Waals surface area contributed by atoms with Crippen molar-refractivity contribution in [3.63, 3.8) is 0 Å². The molecule has 0 aliphatic carbocycles. The molecule has 1 unspecified atom stereocenters. The van der Waals surface area contributed by atoms with Gasteiger partial charge in [0.05, 0.1) is 30.6 Å². The molecule has 0 fully saturated rings. The molecule has 0 saturated heterocycles. The second-order valence-electron chi connectivity index (χ2n) is 6.62. The highest BCUT2D eigenvalue weighted by molar-refractivity contribution is 6.06. The van der Waals surface area contributed by atoms with E-state index in [1.165, 1.54) is 0 Å². The van der Waals surface area contributed by atoms with Gasteiger partial charge < -0.3 is 9.64 Å². The lowest BCUT2D eigenvalue weighted by Crippen LogP contribution is -2.54. The third-order valence-corrected chi connectivity index (χ3v) is 4.86. The quantitative estimate of drug-likeness (QED) is 0.615. The summed E-state index contributed by atoms with van der Waals surface area (Å²) in [6.45, 7) is 0.374. The van der Waals surface area contributed by atoms with Gasteiger partial charge in [-0.05, 0) is 36.4 Å². The molecule has 4 rings (SSSR count). The van der Waals surface area contributed by atoms with E-state index in [1.807, 2.05) is 53.4 Å². The van der Waals surface area contributed by atoms with Crippen molar-refractivity contribution in [2.24, 2.45) is 5.10 Å². The van der Waals surface area contributed by atoms with E-state index in [-0.39, 0.29) is 0 Å². The molecule has 3 aromatic rings. The Labute approximate surface area is 174 Å². The number of nitriles is 1. The molecular formula is C23H19N5O2. The van der Waals surface area contributed by atoms with Crippen molar-refractivity contribution in [1.82, 2.24) is 4.98 Å². The summed E-state index contributed by atoms with van der Waals surface area (Å²) in [5.74, 6) is 1.35. The SMILES string of the molecule is COc1cccc(C2=NN(c3ccccc3C#N)C(C=O)N(c3ccccn3)C2)c1. The second-order valence-corrected chi connectivity index (χ2v) is 6.62.